The monoisotopic (exact) mass is 389 g/mol. The summed E-state index contributed by atoms with van der Waals surface area (Å²) in [5.74, 6) is -0.624. The number of esters is 1. The molecule has 1 heterocycles. The van der Waals surface area contributed by atoms with Gasteiger partial charge in [0.2, 0.25) is 5.60 Å². The standard InChI is InChI=1S/C22H27NO3.ClH/c1-17(20-15-9-10-16-23(20)2)26-21(24)22(25,18-11-5-3-6-12-18)19-13-7-4-8-14-19;/h3-8,11-14,17,20,25H,9-10,15-16H2,1-2H3;1H. The minimum absolute atomic E-state index is 0. The SMILES string of the molecule is CC(OC(=O)C(O)(c1ccccc1)c1ccccc1)C1CCCCN1C.Cl. The van der Waals surface area contributed by atoms with E-state index in [0.29, 0.717) is 11.1 Å². The number of carbonyl (C=O) groups excluding carboxylic acids is 1. The number of carbonyl (C=O) groups is 1. The first-order valence-corrected chi connectivity index (χ1v) is 9.28. The van der Waals surface area contributed by atoms with Crippen LogP contribution in [0.4, 0.5) is 0 Å². The van der Waals surface area contributed by atoms with Gasteiger partial charge in [-0.15, -0.1) is 12.4 Å². The van der Waals surface area contributed by atoms with Crippen LogP contribution in [0.3, 0.4) is 0 Å². The van der Waals surface area contributed by atoms with E-state index in [1.807, 2.05) is 43.3 Å². The first-order chi connectivity index (χ1) is 12.5. The van der Waals surface area contributed by atoms with E-state index in [2.05, 4.69) is 11.9 Å². The van der Waals surface area contributed by atoms with Crippen LogP contribution in [-0.4, -0.2) is 41.7 Å². The lowest BCUT2D eigenvalue weighted by Gasteiger charge is -2.37. The van der Waals surface area contributed by atoms with Crippen molar-refractivity contribution in [1.29, 1.82) is 0 Å². The molecule has 27 heavy (non-hydrogen) atoms. The Morgan fingerprint density at radius 2 is 1.59 bits per heavy atom. The van der Waals surface area contributed by atoms with E-state index in [4.69, 9.17) is 4.74 Å². The first-order valence-electron chi connectivity index (χ1n) is 9.28. The van der Waals surface area contributed by atoms with Crippen molar-refractivity contribution in [3.63, 3.8) is 0 Å². The molecule has 3 rings (SSSR count). The molecule has 0 amide bonds. The zero-order valence-electron chi connectivity index (χ0n) is 15.9. The molecule has 0 aromatic heterocycles. The number of piperidine rings is 1. The van der Waals surface area contributed by atoms with Gasteiger partial charge in [-0.2, -0.15) is 0 Å². The van der Waals surface area contributed by atoms with E-state index in [1.54, 1.807) is 24.3 Å². The molecule has 2 aromatic carbocycles. The number of hydrogen-bond donors (Lipinski definition) is 1. The van der Waals surface area contributed by atoms with Gasteiger partial charge in [0, 0.05) is 6.04 Å². The minimum atomic E-state index is -1.82. The van der Waals surface area contributed by atoms with Gasteiger partial charge in [-0.25, -0.2) is 4.79 Å². The molecule has 0 saturated carbocycles. The third kappa shape index (κ3) is 4.52. The molecule has 1 N–H and O–H groups in total. The number of halogens is 1. The van der Waals surface area contributed by atoms with Crippen molar-refractivity contribution in [2.75, 3.05) is 13.6 Å². The summed E-state index contributed by atoms with van der Waals surface area (Å²) < 4.78 is 5.80. The Hall–Kier alpha value is -1.88. The number of aliphatic hydroxyl groups is 1. The van der Waals surface area contributed by atoms with Crippen molar-refractivity contribution in [3.8, 4) is 0 Å². The number of likely N-dealkylation sites (N-methyl/N-ethyl adjacent to an activating group) is 1. The average molecular weight is 390 g/mol. The first kappa shape index (κ1) is 21.4. The summed E-state index contributed by atoms with van der Waals surface area (Å²) in [6.45, 7) is 2.93. The van der Waals surface area contributed by atoms with Gasteiger partial charge in [0.1, 0.15) is 6.10 Å². The number of benzene rings is 2. The summed E-state index contributed by atoms with van der Waals surface area (Å²) in [5.41, 5.74) is -0.787. The van der Waals surface area contributed by atoms with E-state index in [1.165, 1.54) is 6.42 Å². The van der Waals surface area contributed by atoms with E-state index >= 15 is 0 Å². The molecule has 1 saturated heterocycles. The minimum Gasteiger partial charge on any atom is -0.458 e. The predicted octanol–water partition coefficient (Wildman–Crippen LogP) is 3.76. The van der Waals surface area contributed by atoms with Gasteiger partial charge in [0.25, 0.3) is 0 Å². The molecule has 1 aliphatic rings. The molecule has 0 aliphatic carbocycles. The summed E-state index contributed by atoms with van der Waals surface area (Å²) in [6.07, 6.45) is 3.02. The van der Waals surface area contributed by atoms with Crippen molar-refractivity contribution in [2.45, 2.75) is 43.9 Å². The fourth-order valence-electron chi connectivity index (χ4n) is 3.79. The number of ether oxygens (including phenoxy) is 1. The maximum atomic E-state index is 13.1. The van der Waals surface area contributed by atoms with Gasteiger partial charge in [0.05, 0.1) is 0 Å². The maximum Gasteiger partial charge on any atom is 0.348 e. The zero-order valence-corrected chi connectivity index (χ0v) is 16.7. The van der Waals surface area contributed by atoms with Crippen molar-refractivity contribution >= 4 is 18.4 Å². The lowest BCUT2D eigenvalue weighted by Crippen LogP contribution is -2.48. The van der Waals surface area contributed by atoms with E-state index in [0.717, 1.165) is 19.4 Å². The van der Waals surface area contributed by atoms with Gasteiger partial charge in [-0.05, 0) is 44.5 Å². The number of nitrogens with zero attached hydrogens (tertiary/aromatic N) is 1. The second kappa shape index (κ2) is 9.36. The molecule has 0 radical (unpaired) electrons. The summed E-state index contributed by atoms with van der Waals surface area (Å²) in [6, 6.07) is 18.2. The predicted molar refractivity (Wildman–Crippen MR) is 109 cm³/mol. The highest BCUT2D eigenvalue weighted by atomic mass is 35.5. The molecule has 2 atom stereocenters. The van der Waals surface area contributed by atoms with Crippen LogP contribution < -0.4 is 0 Å². The van der Waals surface area contributed by atoms with Gasteiger partial charge < -0.3 is 9.84 Å². The molecule has 0 spiro atoms. The van der Waals surface area contributed by atoms with Crippen molar-refractivity contribution in [1.82, 2.24) is 4.90 Å². The lowest BCUT2D eigenvalue weighted by molar-refractivity contribution is -0.170. The van der Waals surface area contributed by atoms with Crippen LogP contribution in [0.25, 0.3) is 0 Å². The summed E-state index contributed by atoms with van der Waals surface area (Å²) in [4.78, 5) is 15.4. The molecule has 2 unspecified atom stereocenters. The van der Waals surface area contributed by atoms with Gasteiger partial charge in [-0.3, -0.25) is 4.90 Å². The van der Waals surface area contributed by atoms with Crippen molar-refractivity contribution < 1.29 is 14.6 Å². The van der Waals surface area contributed by atoms with E-state index in [9.17, 15) is 9.90 Å². The number of likely N-dealkylation sites (tertiary alicyclic amines) is 1. The number of hydrogen-bond acceptors (Lipinski definition) is 4. The lowest BCUT2D eigenvalue weighted by atomic mass is 9.86. The Kier molecular flexibility index (Phi) is 7.42. The fourth-order valence-corrected chi connectivity index (χ4v) is 3.79. The topological polar surface area (TPSA) is 49.8 Å². The van der Waals surface area contributed by atoms with Crippen LogP contribution in [0.15, 0.2) is 60.7 Å². The summed E-state index contributed by atoms with van der Waals surface area (Å²) >= 11 is 0. The van der Waals surface area contributed by atoms with Crippen molar-refractivity contribution in [3.05, 3.63) is 71.8 Å². The molecular formula is C22H28ClNO3. The third-order valence-corrected chi connectivity index (χ3v) is 5.34. The molecule has 1 aliphatic heterocycles. The second-order valence-corrected chi connectivity index (χ2v) is 7.10. The Bertz CT molecular complexity index is 683. The van der Waals surface area contributed by atoms with E-state index in [-0.39, 0.29) is 24.6 Å². The normalized spacial score (nSPS) is 19.0. The maximum absolute atomic E-state index is 13.1. The van der Waals surface area contributed by atoms with Crippen LogP contribution in [0, 0.1) is 0 Å². The van der Waals surface area contributed by atoms with Gasteiger partial charge in [-0.1, -0.05) is 67.1 Å². The van der Waals surface area contributed by atoms with Crippen LogP contribution in [0.1, 0.15) is 37.3 Å². The van der Waals surface area contributed by atoms with E-state index < -0.39 is 11.6 Å². The molecule has 5 heteroatoms. The Morgan fingerprint density at radius 3 is 2.07 bits per heavy atom. The molecule has 0 bridgehead atoms. The van der Waals surface area contributed by atoms with Crippen LogP contribution in [-0.2, 0) is 15.1 Å². The largest absolute Gasteiger partial charge is 0.458 e. The average Bonchev–Trinajstić information content (AvgIpc) is 2.69. The summed E-state index contributed by atoms with van der Waals surface area (Å²) in [7, 11) is 2.06. The van der Waals surface area contributed by atoms with Crippen LogP contribution in [0.5, 0.6) is 0 Å². The molecule has 4 nitrogen and oxygen atoms in total. The highest BCUT2D eigenvalue weighted by Crippen LogP contribution is 2.32. The highest BCUT2D eigenvalue weighted by molar-refractivity contribution is 5.86. The number of rotatable bonds is 5. The Labute approximate surface area is 167 Å². The Balaban J connectivity index is 0.00000261. The molecule has 1 fully saturated rings. The zero-order chi connectivity index (χ0) is 18.6. The summed E-state index contributed by atoms with van der Waals surface area (Å²) in [5, 5.41) is 11.4. The molecular weight excluding hydrogens is 362 g/mol. The smallest absolute Gasteiger partial charge is 0.348 e. The highest BCUT2D eigenvalue weighted by Gasteiger charge is 2.43. The van der Waals surface area contributed by atoms with Crippen molar-refractivity contribution in [2.24, 2.45) is 0 Å². The van der Waals surface area contributed by atoms with Gasteiger partial charge >= 0.3 is 5.97 Å². The second-order valence-electron chi connectivity index (χ2n) is 7.10. The molecule has 146 valence electrons. The quantitative estimate of drug-likeness (QED) is 0.791. The Morgan fingerprint density at radius 1 is 1.07 bits per heavy atom. The molecule has 2 aromatic rings. The third-order valence-electron chi connectivity index (χ3n) is 5.34. The fraction of sp³-hybridized carbons (Fsp3) is 0.409. The van der Waals surface area contributed by atoms with Crippen LogP contribution in [0.2, 0.25) is 0 Å². The van der Waals surface area contributed by atoms with Gasteiger partial charge in [0.15, 0.2) is 0 Å². The van der Waals surface area contributed by atoms with Crippen LogP contribution >= 0.6 is 12.4 Å².